The lowest BCUT2D eigenvalue weighted by atomic mass is 10.1. The Balaban J connectivity index is 1.54. The van der Waals surface area contributed by atoms with E-state index >= 15 is 0 Å². The average Bonchev–Trinajstić information content (AvgIpc) is 3.14. The van der Waals surface area contributed by atoms with Crippen molar-refractivity contribution >= 4 is 58.3 Å². The summed E-state index contributed by atoms with van der Waals surface area (Å²) in [5.74, 6) is -3.89. The molecule has 2 aromatic rings. The summed E-state index contributed by atoms with van der Waals surface area (Å²) in [5.41, 5.74) is 1.84. The van der Waals surface area contributed by atoms with Crippen LogP contribution in [0, 0.1) is 16.0 Å². The Morgan fingerprint density at radius 2 is 1.91 bits per heavy atom. The van der Waals surface area contributed by atoms with Crippen LogP contribution in [-0.2, 0) is 19.1 Å². The van der Waals surface area contributed by atoms with Crippen LogP contribution in [0.3, 0.4) is 0 Å². The molecule has 2 N–H and O–H groups in total. The van der Waals surface area contributed by atoms with E-state index in [4.69, 9.17) is 27.9 Å². The normalized spacial score (nSPS) is 15.2. The van der Waals surface area contributed by atoms with E-state index in [1.807, 2.05) is 0 Å². The largest absolute Gasteiger partial charge is 0.455 e. The van der Waals surface area contributed by atoms with Gasteiger partial charge in [-0.1, -0.05) is 35.3 Å². The molecule has 3 amide bonds. The molecule has 1 saturated heterocycles. The van der Waals surface area contributed by atoms with E-state index in [0.717, 1.165) is 11.1 Å². The predicted molar refractivity (Wildman–Crippen MR) is 116 cm³/mol. The van der Waals surface area contributed by atoms with Gasteiger partial charge in [0.15, 0.2) is 6.61 Å². The fourth-order valence-corrected chi connectivity index (χ4v) is 3.35. The molecule has 3 rings (SSSR count). The number of carbonyl (C=O) groups excluding carboxylic acids is 4. The molecule has 33 heavy (non-hydrogen) atoms. The van der Waals surface area contributed by atoms with E-state index < -0.39 is 46.8 Å². The summed E-state index contributed by atoms with van der Waals surface area (Å²) in [5, 5.41) is 15.0. The zero-order valence-electron chi connectivity index (χ0n) is 16.7. The molecule has 2 aromatic carbocycles. The van der Waals surface area contributed by atoms with Gasteiger partial charge in [0.1, 0.15) is 5.56 Å². The van der Waals surface area contributed by atoms with Crippen molar-refractivity contribution in [2.75, 3.05) is 18.5 Å². The van der Waals surface area contributed by atoms with Crippen molar-refractivity contribution in [3.05, 3.63) is 68.2 Å². The number of ether oxygens (including phenoxy) is 1. The molecule has 0 radical (unpaired) electrons. The number of anilines is 1. The first kappa shape index (κ1) is 24.0. The molecular weight excluding hydrogens is 479 g/mol. The summed E-state index contributed by atoms with van der Waals surface area (Å²) in [6, 6.07) is 9.69. The maximum absolute atomic E-state index is 12.4. The molecule has 1 heterocycles. The second kappa shape index (κ2) is 10.3. The first-order chi connectivity index (χ1) is 15.7. The molecule has 1 fully saturated rings. The van der Waals surface area contributed by atoms with Crippen LogP contribution < -0.4 is 10.7 Å². The first-order valence-electron chi connectivity index (χ1n) is 9.42. The van der Waals surface area contributed by atoms with Gasteiger partial charge in [0.25, 0.3) is 17.5 Å². The van der Waals surface area contributed by atoms with Crippen LogP contribution in [0.25, 0.3) is 0 Å². The molecular formula is C20H16Cl2N4O7. The van der Waals surface area contributed by atoms with E-state index in [1.165, 1.54) is 36.4 Å². The number of amides is 3. The van der Waals surface area contributed by atoms with Crippen molar-refractivity contribution in [1.29, 1.82) is 0 Å². The van der Waals surface area contributed by atoms with Gasteiger partial charge in [0.2, 0.25) is 5.91 Å². The highest BCUT2D eigenvalue weighted by molar-refractivity contribution is 6.35. The van der Waals surface area contributed by atoms with Crippen LogP contribution in [0.15, 0.2) is 42.5 Å². The Hall–Kier alpha value is -3.70. The number of carbonyl (C=O) groups is 4. The molecule has 0 unspecified atom stereocenters. The summed E-state index contributed by atoms with van der Waals surface area (Å²) in [6.45, 7) is -0.847. The molecule has 13 heteroatoms. The minimum Gasteiger partial charge on any atom is -0.455 e. The molecule has 0 saturated carbocycles. The number of nitrogens with zero attached hydrogens (tertiary/aromatic N) is 2. The van der Waals surface area contributed by atoms with E-state index in [-0.39, 0.29) is 29.2 Å². The van der Waals surface area contributed by atoms with Crippen molar-refractivity contribution in [2.24, 2.45) is 5.92 Å². The lowest BCUT2D eigenvalue weighted by Crippen LogP contribution is -2.43. The van der Waals surface area contributed by atoms with Crippen LogP contribution in [0.1, 0.15) is 16.8 Å². The first-order valence-corrected chi connectivity index (χ1v) is 10.2. The monoisotopic (exact) mass is 494 g/mol. The Morgan fingerprint density at radius 3 is 2.64 bits per heavy atom. The van der Waals surface area contributed by atoms with Gasteiger partial charge >= 0.3 is 5.97 Å². The maximum atomic E-state index is 12.4. The maximum Gasteiger partial charge on any atom is 0.311 e. The summed E-state index contributed by atoms with van der Waals surface area (Å²) in [7, 11) is 0. The van der Waals surface area contributed by atoms with Gasteiger partial charge in [-0.2, -0.15) is 0 Å². The highest BCUT2D eigenvalue weighted by Gasteiger charge is 2.37. The standard InChI is InChI=1S/C20H16Cl2N4O7/c21-12-5-6-14(22)15(8-12)23-17(27)10-33-20(30)11-7-18(28)25(9-11)24-19(29)13-3-1-2-4-16(13)26(31)32/h1-6,8,11H,7,9-10H2,(H,23,27)(H,24,29)/t11-/m0/s1. The number of benzene rings is 2. The van der Waals surface area contributed by atoms with Crippen molar-refractivity contribution in [1.82, 2.24) is 10.4 Å². The number of hydrazine groups is 1. The molecule has 0 bridgehead atoms. The third kappa shape index (κ3) is 5.96. The number of esters is 1. The fourth-order valence-electron chi connectivity index (χ4n) is 3.02. The topological polar surface area (TPSA) is 148 Å². The predicted octanol–water partition coefficient (Wildman–Crippen LogP) is 2.58. The van der Waals surface area contributed by atoms with Gasteiger partial charge in [0, 0.05) is 17.5 Å². The number of nitro benzene ring substituents is 1. The summed E-state index contributed by atoms with van der Waals surface area (Å²) in [4.78, 5) is 59.3. The summed E-state index contributed by atoms with van der Waals surface area (Å²) in [6.07, 6.45) is -0.266. The Labute approximate surface area is 196 Å². The Morgan fingerprint density at radius 1 is 1.18 bits per heavy atom. The second-order valence-corrected chi connectivity index (χ2v) is 7.74. The van der Waals surface area contributed by atoms with Crippen molar-refractivity contribution < 1.29 is 28.8 Å². The van der Waals surface area contributed by atoms with E-state index in [1.54, 1.807) is 0 Å². The van der Waals surface area contributed by atoms with Crippen LogP contribution in [0.4, 0.5) is 11.4 Å². The molecule has 0 aromatic heterocycles. The van der Waals surface area contributed by atoms with E-state index in [2.05, 4.69) is 10.7 Å². The number of hydrogen-bond donors (Lipinski definition) is 2. The summed E-state index contributed by atoms with van der Waals surface area (Å²) < 4.78 is 4.96. The van der Waals surface area contributed by atoms with Crippen LogP contribution in [0.2, 0.25) is 10.0 Å². The highest BCUT2D eigenvalue weighted by atomic mass is 35.5. The van der Waals surface area contributed by atoms with Gasteiger partial charge in [0.05, 0.1) is 28.1 Å². The molecule has 172 valence electrons. The summed E-state index contributed by atoms with van der Waals surface area (Å²) >= 11 is 11.8. The van der Waals surface area contributed by atoms with Gasteiger partial charge in [-0.3, -0.25) is 39.7 Å². The number of hydrogen-bond acceptors (Lipinski definition) is 7. The van der Waals surface area contributed by atoms with Crippen molar-refractivity contribution in [3.63, 3.8) is 0 Å². The zero-order valence-corrected chi connectivity index (χ0v) is 18.3. The third-order valence-corrected chi connectivity index (χ3v) is 5.15. The van der Waals surface area contributed by atoms with E-state index in [9.17, 15) is 29.3 Å². The van der Waals surface area contributed by atoms with Crippen LogP contribution >= 0.6 is 23.2 Å². The fraction of sp³-hybridized carbons (Fsp3) is 0.200. The molecule has 0 spiro atoms. The lowest BCUT2D eigenvalue weighted by Gasteiger charge is -2.17. The minimum absolute atomic E-state index is 0.216. The van der Waals surface area contributed by atoms with Crippen LogP contribution in [-0.4, -0.2) is 46.8 Å². The molecule has 1 aliphatic heterocycles. The molecule has 1 atom stereocenters. The molecule has 0 aliphatic carbocycles. The van der Waals surface area contributed by atoms with E-state index in [0.29, 0.717) is 5.02 Å². The Bertz CT molecular complexity index is 1140. The average molecular weight is 495 g/mol. The quantitative estimate of drug-likeness (QED) is 0.341. The third-order valence-electron chi connectivity index (χ3n) is 4.59. The molecule has 11 nitrogen and oxygen atoms in total. The highest BCUT2D eigenvalue weighted by Crippen LogP contribution is 2.25. The van der Waals surface area contributed by atoms with Gasteiger partial charge in [-0.25, -0.2) is 0 Å². The van der Waals surface area contributed by atoms with Crippen molar-refractivity contribution in [2.45, 2.75) is 6.42 Å². The number of nitro groups is 1. The Kier molecular flexibility index (Phi) is 7.46. The van der Waals surface area contributed by atoms with Gasteiger partial charge < -0.3 is 10.1 Å². The number of rotatable bonds is 7. The number of halogens is 2. The van der Waals surface area contributed by atoms with Gasteiger partial charge in [-0.05, 0) is 24.3 Å². The smallest absolute Gasteiger partial charge is 0.311 e. The number of nitrogens with one attached hydrogen (secondary N) is 2. The second-order valence-electron chi connectivity index (χ2n) is 6.90. The lowest BCUT2D eigenvalue weighted by molar-refractivity contribution is -0.385. The van der Waals surface area contributed by atoms with Crippen molar-refractivity contribution in [3.8, 4) is 0 Å². The van der Waals surface area contributed by atoms with Crippen LogP contribution in [0.5, 0.6) is 0 Å². The molecule has 1 aliphatic rings. The van der Waals surface area contributed by atoms with Gasteiger partial charge in [-0.15, -0.1) is 0 Å². The SMILES string of the molecule is O=C(COC(=O)[C@H]1CC(=O)N(NC(=O)c2ccccc2[N+](=O)[O-])C1)Nc1cc(Cl)ccc1Cl. The minimum atomic E-state index is -0.939. The number of para-hydroxylation sites is 1. The zero-order chi connectivity index (χ0) is 24.1.